The van der Waals surface area contributed by atoms with Gasteiger partial charge in [0.15, 0.2) is 11.0 Å². The monoisotopic (exact) mass is 251 g/mol. The van der Waals surface area contributed by atoms with Crippen LogP contribution in [-0.2, 0) is 0 Å². The lowest BCUT2D eigenvalue weighted by Crippen LogP contribution is -2.17. The van der Waals surface area contributed by atoms with Crippen LogP contribution in [-0.4, -0.2) is 16.7 Å². The van der Waals surface area contributed by atoms with Crippen LogP contribution in [0, 0.1) is 5.82 Å². The molecule has 2 aromatic rings. The maximum atomic E-state index is 12.8. The summed E-state index contributed by atoms with van der Waals surface area (Å²) in [5.74, 6) is 0.426. The molecular weight excluding hydrogens is 241 g/mol. The largest absolute Gasteiger partial charge is 0.325 e. The highest BCUT2D eigenvalue weighted by Gasteiger charge is 2.08. The summed E-state index contributed by atoms with van der Waals surface area (Å²) in [4.78, 5) is 1.92. The number of rotatable bonds is 3. The summed E-state index contributed by atoms with van der Waals surface area (Å²) in [6, 6.07) is 9.70. The first-order valence-corrected chi connectivity index (χ1v) is 5.61. The number of halogens is 2. The van der Waals surface area contributed by atoms with Crippen molar-refractivity contribution in [2.45, 2.75) is 6.92 Å². The highest BCUT2D eigenvalue weighted by atomic mass is 35.5. The first-order chi connectivity index (χ1) is 8.20. The van der Waals surface area contributed by atoms with E-state index in [4.69, 9.17) is 11.6 Å². The minimum absolute atomic E-state index is 0.257. The minimum Gasteiger partial charge on any atom is -0.325 e. The van der Waals surface area contributed by atoms with Crippen LogP contribution < -0.4 is 4.90 Å². The Hall–Kier alpha value is -1.68. The summed E-state index contributed by atoms with van der Waals surface area (Å²) in [6.45, 7) is 2.70. The summed E-state index contributed by atoms with van der Waals surface area (Å²) in [5, 5.41) is 8.14. The molecule has 0 bridgehead atoms. The summed E-state index contributed by atoms with van der Waals surface area (Å²) >= 11 is 5.68. The summed E-state index contributed by atoms with van der Waals surface area (Å²) in [6.07, 6.45) is 0. The van der Waals surface area contributed by atoms with E-state index in [1.165, 1.54) is 12.1 Å². The zero-order valence-electron chi connectivity index (χ0n) is 9.27. The second-order valence-electron chi connectivity index (χ2n) is 3.43. The van der Waals surface area contributed by atoms with E-state index in [9.17, 15) is 4.39 Å². The third kappa shape index (κ3) is 2.71. The van der Waals surface area contributed by atoms with Crippen LogP contribution in [0.25, 0.3) is 0 Å². The van der Waals surface area contributed by atoms with Crippen LogP contribution in [0.3, 0.4) is 0 Å². The predicted molar refractivity (Wildman–Crippen MR) is 66.1 cm³/mol. The quantitative estimate of drug-likeness (QED) is 0.837. The lowest BCUT2D eigenvalue weighted by Gasteiger charge is -2.21. The zero-order chi connectivity index (χ0) is 12.3. The van der Waals surface area contributed by atoms with Gasteiger partial charge in [-0.05, 0) is 43.3 Å². The SMILES string of the molecule is CCN(c1ccc(F)cc1)c1ccc(Cl)nn1. The van der Waals surface area contributed by atoms with Crippen LogP contribution in [0.5, 0.6) is 0 Å². The molecule has 0 unspecified atom stereocenters. The zero-order valence-corrected chi connectivity index (χ0v) is 10.0. The van der Waals surface area contributed by atoms with Gasteiger partial charge < -0.3 is 4.90 Å². The number of aromatic nitrogens is 2. The number of benzene rings is 1. The molecule has 0 aliphatic rings. The van der Waals surface area contributed by atoms with Crippen molar-refractivity contribution in [3.63, 3.8) is 0 Å². The molecule has 0 aliphatic carbocycles. The van der Waals surface area contributed by atoms with E-state index in [0.29, 0.717) is 17.5 Å². The second kappa shape index (κ2) is 5.10. The molecule has 0 aliphatic heterocycles. The van der Waals surface area contributed by atoms with Crippen molar-refractivity contribution in [1.29, 1.82) is 0 Å². The summed E-state index contributed by atoms with van der Waals surface area (Å²) in [7, 11) is 0. The van der Waals surface area contributed by atoms with Crippen molar-refractivity contribution in [2.24, 2.45) is 0 Å². The molecule has 0 N–H and O–H groups in total. The maximum Gasteiger partial charge on any atom is 0.155 e. The number of hydrogen-bond acceptors (Lipinski definition) is 3. The van der Waals surface area contributed by atoms with Gasteiger partial charge in [-0.15, -0.1) is 10.2 Å². The Bertz CT molecular complexity index is 439. The van der Waals surface area contributed by atoms with Crippen molar-refractivity contribution < 1.29 is 4.39 Å². The molecule has 3 nitrogen and oxygen atoms in total. The number of anilines is 2. The first kappa shape index (κ1) is 11.8. The first-order valence-electron chi connectivity index (χ1n) is 5.23. The van der Waals surface area contributed by atoms with E-state index < -0.39 is 0 Å². The van der Waals surface area contributed by atoms with Gasteiger partial charge in [-0.25, -0.2) is 4.39 Å². The van der Waals surface area contributed by atoms with Crippen LogP contribution in [0.15, 0.2) is 36.4 Å². The van der Waals surface area contributed by atoms with Crippen molar-refractivity contribution in [3.8, 4) is 0 Å². The van der Waals surface area contributed by atoms with E-state index in [0.717, 1.165) is 5.69 Å². The molecule has 0 saturated carbocycles. The molecular formula is C12H11ClFN3. The predicted octanol–water partition coefficient (Wildman–Crippen LogP) is 3.43. The van der Waals surface area contributed by atoms with Crippen LogP contribution in [0.2, 0.25) is 5.15 Å². The Morgan fingerprint density at radius 1 is 1.12 bits per heavy atom. The Kier molecular flexibility index (Phi) is 3.54. The third-order valence-electron chi connectivity index (χ3n) is 2.35. The lowest BCUT2D eigenvalue weighted by atomic mass is 10.2. The van der Waals surface area contributed by atoms with E-state index in [1.54, 1.807) is 24.3 Å². The molecule has 17 heavy (non-hydrogen) atoms. The maximum absolute atomic E-state index is 12.8. The summed E-state index contributed by atoms with van der Waals surface area (Å²) in [5.41, 5.74) is 0.866. The fraction of sp³-hybridized carbons (Fsp3) is 0.167. The van der Waals surface area contributed by atoms with E-state index in [-0.39, 0.29) is 5.82 Å². The van der Waals surface area contributed by atoms with E-state index in [2.05, 4.69) is 10.2 Å². The molecule has 1 aromatic heterocycles. The second-order valence-corrected chi connectivity index (χ2v) is 3.82. The van der Waals surface area contributed by atoms with Gasteiger partial charge in [0.25, 0.3) is 0 Å². The Morgan fingerprint density at radius 3 is 2.35 bits per heavy atom. The normalized spacial score (nSPS) is 10.3. The van der Waals surface area contributed by atoms with E-state index >= 15 is 0 Å². The van der Waals surface area contributed by atoms with Crippen LogP contribution in [0.1, 0.15) is 6.92 Å². The Labute approximate surface area is 104 Å². The number of nitrogens with zero attached hydrogens (tertiary/aromatic N) is 3. The average molecular weight is 252 g/mol. The van der Waals surface area contributed by atoms with Crippen LogP contribution >= 0.6 is 11.6 Å². The topological polar surface area (TPSA) is 29.0 Å². The van der Waals surface area contributed by atoms with Crippen LogP contribution in [0.4, 0.5) is 15.9 Å². The molecule has 0 fully saturated rings. The van der Waals surface area contributed by atoms with Crippen molar-refractivity contribution in [1.82, 2.24) is 10.2 Å². The van der Waals surface area contributed by atoms with Crippen molar-refractivity contribution in [3.05, 3.63) is 47.4 Å². The van der Waals surface area contributed by atoms with Gasteiger partial charge in [0, 0.05) is 12.2 Å². The average Bonchev–Trinajstić information content (AvgIpc) is 2.35. The standard InChI is InChI=1S/C12H11ClFN3/c1-2-17(10-5-3-9(14)4-6-10)12-8-7-11(13)15-16-12/h3-8H,2H2,1H3. The van der Waals surface area contributed by atoms with Crippen molar-refractivity contribution in [2.75, 3.05) is 11.4 Å². The molecule has 1 heterocycles. The minimum atomic E-state index is -0.257. The highest BCUT2D eigenvalue weighted by molar-refractivity contribution is 6.29. The Balaban J connectivity index is 2.33. The molecule has 0 amide bonds. The van der Waals surface area contributed by atoms with Gasteiger partial charge in [0.05, 0.1) is 0 Å². The van der Waals surface area contributed by atoms with Gasteiger partial charge in [-0.1, -0.05) is 11.6 Å². The summed E-state index contributed by atoms with van der Waals surface area (Å²) < 4.78 is 12.8. The molecule has 1 aromatic carbocycles. The molecule has 5 heteroatoms. The van der Waals surface area contributed by atoms with Crippen molar-refractivity contribution >= 4 is 23.1 Å². The molecule has 0 atom stereocenters. The van der Waals surface area contributed by atoms with Gasteiger partial charge in [-0.3, -0.25) is 0 Å². The Morgan fingerprint density at radius 2 is 1.82 bits per heavy atom. The van der Waals surface area contributed by atoms with E-state index in [1.807, 2.05) is 11.8 Å². The third-order valence-corrected chi connectivity index (χ3v) is 2.55. The fourth-order valence-electron chi connectivity index (χ4n) is 1.55. The van der Waals surface area contributed by atoms with Gasteiger partial charge >= 0.3 is 0 Å². The van der Waals surface area contributed by atoms with Gasteiger partial charge in [0.2, 0.25) is 0 Å². The highest BCUT2D eigenvalue weighted by Crippen LogP contribution is 2.23. The smallest absolute Gasteiger partial charge is 0.155 e. The fourth-order valence-corrected chi connectivity index (χ4v) is 1.65. The molecule has 0 saturated heterocycles. The van der Waals surface area contributed by atoms with Gasteiger partial charge in [-0.2, -0.15) is 0 Å². The number of hydrogen-bond donors (Lipinski definition) is 0. The molecule has 0 spiro atoms. The lowest BCUT2D eigenvalue weighted by molar-refractivity contribution is 0.627. The molecule has 88 valence electrons. The molecule has 0 radical (unpaired) electrons. The van der Waals surface area contributed by atoms with Gasteiger partial charge in [0.1, 0.15) is 5.82 Å². The molecule has 2 rings (SSSR count).